The summed E-state index contributed by atoms with van der Waals surface area (Å²) in [7, 11) is 1.36. The number of esters is 1. The van der Waals surface area contributed by atoms with Gasteiger partial charge in [-0.1, -0.05) is 12.1 Å². The number of carbonyl (C=O) groups excluding carboxylic acids is 1. The van der Waals surface area contributed by atoms with E-state index in [-0.39, 0.29) is 5.97 Å². The average molecular weight is 335 g/mol. The fourth-order valence-corrected chi connectivity index (χ4v) is 2.56. The van der Waals surface area contributed by atoms with E-state index < -0.39 is 0 Å². The van der Waals surface area contributed by atoms with Crippen molar-refractivity contribution in [3.8, 4) is 6.07 Å². The van der Waals surface area contributed by atoms with E-state index in [2.05, 4.69) is 15.9 Å². The van der Waals surface area contributed by atoms with E-state index in [0.717, 1.165) is 11.3 Å². The van der Waals surface area contributed by atoms with Crippen LogP contribution in [0.15, 0.2) is 53.6 Å². The Hall–Kier alpha value is -3.53. The number of nitriles is 1. The maximum atomic E-state index is 11.5. The zero-order valence-electron chi connectivity index (χ0n) is 13.7. The lowest BCUT2D eigenvalue weighted by molar-refractivity contribution is 0.0600. The third kappa shape index (κ3) is 3.53. The molecule has 2 aromatic rings. The van der Waals surface area contributed by atoms with Crippen molar-refractivity contribution in [1.82, 2.24) is 5.01 Å². The van der Waals surface area contributed by atoms with Gasteiger partial charge in [-0.25, -0.2) is 4.79 Å². The van der Waals surface area contributed by atoms with Crippen LogP contribution in [0.2, 0.25) is 0 Å². The Morgan fingerprint density at radius 1 is 1.24 bits per heavy atom. The highest BCUT2D eigenvalue weighted by molar-refractivity contribution is 5.95. The zero-order valence-corrected chi connectivity index (χ0v) is 13.7. The molecule has 0 spiro atoms. The predicted octanol–water partition coefficient (Wildman–Crippen LogP) is 1.85. The number of ether oxygens (including phenoxy) is 1. The highest BCUT2D eigenvalue weighted by Gasteiger charge is 2.22. The van der Waals surface area contributed by atoms with Crippen LogP contribution in [0, 0.1) is 11.3 Å². The number of hydrazone groups is 1. The molecule has 7 heteroatoms. The molecule has 3 rings (SSSR count). The van der Waals surface area contributed by atoms with Gasteiger partial charge in [0.15, 0.2) is 0 Å². The summed E-state index contributed by atoms with van der Waals surface area (Å²) in [6.45, 7) is 1.07. The van der Waals surface area contributed by atoms with Crippen LogP contribution in [-0.4, -0.2) is 30.7 Å². The van der Waals surface area contributed by atoms with Gasteiger partial charge in [0, 0.05) is 5.69 Å². The van der Waals surface area contributed by atoms with E-state index in [1.54, 1.807) is 24.3 Å². The molecule has 0 saturated heterocycles. The Kier molecular flexibility index (Phi) is 4.53. The molecule has 2 aromatic carbocycles. The molecule has 0 aromatic heterocycles. The van der Waals surface area contributed by atoms with Crippen molar-refractivity contribution in [2.75, 3.05) is 18.7 Å². The standard InChI is InChI=1S/C18H17N5O2/c1-25-17(24)15-6-2-14(3-7-15)11-22-12-23(18(20)21-22)16-8-4-13(10-19)5-9-16/h2-9H,11-12H2,1H3,(H2,20,21). The molecule has 0 amide bonds. The molecular weight excluding hydrogens is 318 g/mol. The van der Waals surface area contributed by atoms with Crippen LogP contribution in [0.5, 0.6) is 0 Å². The third-order valence-electron chi connectivity index (χ3n) is 3.87. The van der Waals surface area contributed by atoms with Crippen LogP contribution >= 0.6 is 0 Å². The Morgan fingerprint density at radius 3 is 2.52 bits per heavy atom. The largest absolute Gasteiger partial charge is 0.465 e. The molecule has 1 heterocycles. The molecular formula is C18H17N5O2. The van der Waals surface area contributed by atoms with Crippen molar-refractivity contribution in [3.05, 3.63) is 65.2 Å². The summed E-state index contributed by atoms with van der Waals surface area (Å²) < 4.78 is 4.69. The summed E-state index contributed by atoms with van der Waals surface area (Å²) in [6.07, 6.45) is 0. The van der Waals surface area contributed by atoms with Crippen molar-refractivity contribution in [3.63, 3.8) is 0 Å². The van der Waals surface area contributed by atoms with Crippen molar-refractivity contribution in [1.29, 1.82) is 5.26 Å². The number of benzene rings is 2. The Morgan fingerprint density at radius 2 is 1.92 bits per heavy atom. The zero-order chi connectivity index (χ0) is 17.8. The van der Waals surface area contributed by atoms with Gasteiger partial charge < -0.3 is 10.5 Å². The first-order chi connectivity index (χ1) is 12.1. The lowest BCUT2D eigenvalue weighted by atomic mass is 10.1. The highest BCUT2D eigenvalue weighted by atomic mass is 16.5. The molecule has 0 saturated carbocycles. The maximum Gasteiger partial charge on any atom is 0.337 e. The molecule has 0 atom stereocenters. The van der Waals surface area contributed by atoms with Gasteiger partial charge in [-0.05, 0) is 42.0 Å². The molecule has 0 aliphatic carbocycles. The number of rotatable bonds is 4. The monoisotopic (exact) mass is 335 g/mol. The normalized spacial score (nSPS) is 13.4. The molecule has 7 nitrogen and oxygen atoms in total. The highest BCUT2D eigenvalue weighted by Crippen LogP contribution is 2.20. The van der Waals surface area contributed by atoms with Gasteiger partial charge in [-0.2, -0.15) is 5.26 Å². The number of hydrogen-bond donors (Lipinski definition) is 1. The van der Waals surface area contributed by atoms with Gasteiger partial charge in [-0.15, -0.1) is 5.10 Å². The first-order valence-electron chi connectivity index (χ1n) is 7.64. The number of methoxy groups -OCH3 is 1. The fourth-order valence-electron chi connectivity index (χ4n) is 2.56. The summed E-state index contributed by atoms with van der Waals surface area (Å²) in [5.74, 6) is 0.0397. The molecule has 0 fully saturated rings. The molecule has 1 aliphatic rings. The second-order valence-electron chi connectivity index (χ2n) is 5.54. The summed E-state index contributed by atoms with van der Waals surface area (Å²) in [4.78, 5) is 13.3. The number of anilines is 1. The lowest BCUT2D eigenvalue weighted by Crippen LogP contribution is -2.35. The van der Waals surface area contributed by atoms with Crippen molar-refractivity contribution in [2.24, 2.45) is 10.8 Å². The summed E-state index contributed by atoms with van der Waals surface area (Å²) in [5.41, 5.74) is 9.01. The topological polar surface area (TPSA) is 95.0 Å². The molecule has 1 aliphatic heterocycles. The smallest absolute Gasteiger partial charge is 0.337 e. The first-order valence-corrected chi connectivity index (χ1v) is 7.64. The number of carbonyl (C=O) groups is 1. The molecule has 0 radical (unpaired) electrons. The number of guanidine groups is 1. The van der Waals surface area contributed by atoms with E-state index in [1.165, 1.54) is 7.11 Å². The fraction of sp³-hybridized carbons (Fsp3) is 0.167. The van der Waals surface area contributed by atoms with Crippen LogP contribution < -0.4 is 10.6 Å². The van der Waals surface area contributed by atoms with Gasteiger partial charge in [0.05, 0.1) is 30.9 Å². The minimum absolute atomic E-state index is 0.359. The van der Waals surface area contributed by atoms with E-state index in [9.17, 15) is 4.79 Å². The average Bonchev–Trinajstić information content (AvgIpc) is 3.02. The van der Waals surface area contributed by atoms with Gasteiger partial charge in [-0.3, -0.25) is 9.91 Å². The third-order valence-corrected chi connectivity index (χ3v) is 3.87. The van der Waals surface area contributed by atoms with E-state index in [1.807, 2.05) is 34.2 Å². The van der Waals surface area contributed by atoms with Crippen LogP contribution in [-0.2, 0) is 11.3 Å². The number of nitrogens with two attached hydrogens (primary N) is 1. The number of nitrogens with zero attached hydrogens (tertiary/aromatic N) is 4. The van der Waals surface area contributed by atoms with Crippen molar-refractivity contribution < 1.29 is 9.53 Å². The van der Waals surface area contributed by atoms with Crippen LogP contribution in [0.4, 0.5) is 5.69 Å². The van der Waals surface area contributed by atoms with Crippen LogP contribution in [0.25, 0.3) is 0 Å². The quantitative estimate of drug-likeness (QED) is 0.857. The van der Waals surface area contributed by atoms with Crippen molar-refractivity contribution in [2.45, 2.75) is 6.54 Å². The van der Waals surface area contributed by atoms with E-state index >= 15 is 0 Å². The summed E-state index contributed by atoms with van der Waals surface area (Å²) in [5, 5.41) is 15.1. The van der Waals surface area contributed by atoms with Gasteiger partial charge >= 0.3 is 5.97 Å². The van der Waals surface area contributed by atoms with E-state index in [0.29, 0.717) is 30.3 Å². The predicted molar refractivity (Wildman–Crippen MR) is 93.4 cm³/mol. The van der Waals surface area contributed by atoms with Gasteiger partial charge in [0.1, 0.15) is 6.67 Å². The second kappa shape index (κ2) is 6.93. The molecule has 2 N–H and O–H groups in total. The summed E-state index contributed by atoms with van der Waals surface area (Å²) >= 11 is 0. The minimum atomic E-state index is -0.359. The van der Waals surface area contributed by atoms with E-state index in [4.69, 9.17) is 11.0 Å². The lowest BCUT2D eigenvalue weighted by Gasteiger charge is -2.20. The Balaban J connectivity index is 1.67. The first kappa shape index (κ1) is 16.3. The van der Waals surface area contributed by atoms with Crippen molar-refractivity contribution >= 4 is 17.6 Å². The molecule has 0 unspecified atom stereocenters. The van der Waals surface area contributed by atoms with Crippen LogP contribution in [0.3, 0.4) is 0 Å². The van der Waals surface area contributed by atoms with Gasteiger partial charge in [0.2, 0.25) is 5.96 Å². The Labute approximate surface area is 145 Å². The number of hydrogen-bond acceptors (Lipinski definition) is 7. The SMILES string of the molecule is COC(=O)c1ccc(CN2CN(c3ccc(C#N)cc3)C(N)=N2)cc1. The Bertz CT molecular complexity index is 837. The maximum absolute atomic E-state index is 11.5. The van der Waals surface area contributed by atoms with Crippen LogP contribution in [0.1, 0.15) is 21.5 Å². The molecule has 25 heavy (non-hydrogen) atoms. The van der Waals surface area contributed by atoms with Gasteiger partial charge in [0.25, 0.3) is 0 Å². The summed E-state index contributed by atoms with van der Waals surface area (Å²) in [6, 6.07) is 16.4. The molecule has 126 valence electrons. The second-order valence-corrected chi connectivity index (χ2v) is 5.54. The molecule has 0 bridgehead atoms. The minimum Gasteiger partial charge on any atom is -0.465 e.